The summed E-state index contributed by atoms with van der Waals surface area (Å²) in [6.07, 6.45) is 8.79. The maximum Gasteiger partial charge on any atom is 0.230 e. The van der Waals surface area contributed by atoms with Crippen LogP contribution in [0.3, 0.4) is 0 Å². The van der Waals surface area contributed by atoms with Crippen LogP contribution in [0.15, 0.2) is 18.2 Å². The Bertz CT molecular complexity index is 961. The van der Waals surface area contributed by atoms with E-state index in [1.54, 1.807) is 6.07 Å². The monoisotopic (exact) mass is 450 g/mol. The van der Waals surface area contributed by atoms with Gasteiger partial charge in [0, 0.05) is 37.3 Å². The normalized spacial score (nSPS) is 30.2. The lowest BCUT2D eigenvalue weighted by atomic mass is 9.78. The molecule has 7 heteroatoms. The van der Waals surface area contributed by atoms with Crippen LogP contribution in [0.1, 0.15) is 69.8 Å². The summed E-state index contributed by atoms with van der Waals surface area (Å²) in [5.41, 5.74) is 1.69. The van der Waals surface area contributed by atoms with Gasteiger partial charge < -0.3 is 20.2 Å². The highest BCUT2D eigenvalue weighted by Gasteiger charge is 2.50. The highest BCUT2D eigenvalue weighted by molar-refractivity contribution is 5.93. The van der Waals surface area contributed by atoms with Gasteiger partial charge in [-0.05, 0) is 76.0 Å². The van der Waals surface area contributed by atoms with Gasteiger partial charge in [0.1, 0.15) is 6.07 Å². The predicted octanol–water partition coefficient (Wildman–Crippen LogP) is 3.42. The molecule has 2 aliphatic carbocycles. The molecule has 2 heterocycles. The Hall–Kier alpha value is -2.59. The molecule has 2 amide bonds. The van der Waals surface area contributed by atoms with E-state index in [2.05, 4.69) is 21.2 Å². The van der Waals surface area contributed by atoms with Crippen LogP contribution in [0.4, 0.5) is 11.4 Å². The molecular formula is C26H34N4O3. The average molecular weight is 451 g/mol. The van der Waals surface area contributed by atoms with Gasteiger partial charge in [0.2, 0.25) is 11.8 Å². The molecule has 0 bridgehead atoms. The molecule has 2 saturated heterocycles. The van der Waals surface area contributed by atoms with E-state index in [4.69, 9.17) is 0 Å². The number of hydrogen-bond acceptors (Lipinski definition) is 5. The van der Waals surface area contributed by atoms with Crippen LogP contribution in [-0.2, 0) is 9.59 Å². The molecule has 1 aromatic carbocycles. The first-order valence-electron chi connectivity index (χ1n) is 12.6. The number of carbonyl (C=O) groups excluding carboxylic acids is 2. The zero-order chi connectivity index (χ0) is 23.0. The quantitative estimate of drug-likeness (QED) is 0.733. The molecule has 2 aliphatic heterocycles. The van der Waals surface area contributed by atoms with Gasteiger partial charge in [-0.1, -0.05) is 6.42 Å². The molecule has 2 N–H and O–H groups in total. The standard InChI is InChI=1S/C26H34N4O3/c27-16-19-15-20(28-24(32)18-3-1-4-18)5-10-23(19)29-13-2-11-26(17-29)12-14-30(25(26)33)21-6-8-22(31)9-7-21/h5,10,15,18,21-22,31H,1-4,6-9,11-14,17H2,(H,28,32)/t21?,22?,26-/m0/s1. The number of aliphatic hydroxyl groups excluding tert-OH is 1. The van der Waals surface area contributed by atoms with Crippen molar-refractivity contribution in [1.29, 1.82) is 5.26 Å². The van der Waals surface area contributed by atoms with Crippen LogP contribution >= 0.6 is 0 Å². The number of benzene rings is 1. The van der Waals surface area contributed by atoms with Crippen molar-refractivity contribution < 1.29 is 14.7 Å². The van der Waals surface area contributed by atoms with E-state index in [9.17, 15) is 20.0 Å². The number of nitrogens with one attached hydrogen (secondary N) is 1. The Labute approximate surface area is 195 Å². The smallest absolute Gasteiger partial charge is 0.230 e. The van der Waals surface area contributed by atoms with Gasteiger partial charge in [-0.15, -0.1) is 0 Å². The maximum atomic E-state index is 13.6. The fourth-order valence-electron chi connectivity index (χ4n) is 6.18. The van der Waals surface area contributed by atoms with Crippen LogP contribution in [-0.4, -0.2) is 53.6 Å². The summed E-state index contributed by atoms with van der Waals surface area (Å²) in [7, 11) is 0. The first kappa shape index (κ1) is 22.2. The van der Waals surface area contributed by atoms with E-state index in [1.165, 1.54) is 0 Å². The van der Waals surface area contributed by atoms with Crippen molar-refractivity contribution in [2.24, 2.45) is 11.3 Å². The molecule has 1 atom stereocenters. The highest BCUT2D eigenvalue weighted by atomic mass is 16.3. The molecular weight excluding hydrogens is 416 g/mol. The molecule has 2 saturated carbocycles. The number of nitrogens with zero attached hydrogens (tertiary/aromatic N) is 3. The largest absolute Gasteiger partial charge is 0.393 e. The summed E-state index contributed by atoms with van der Waals surface area (Å²) >= 11 is 0. The lowest BCUT2D eigenvalue weighted by molar-refractivity contribution is -0.139. The van der Waals surface area contributed by atoms with E-state index in [0.29, 0.717) is 17.8 Å². The second-order valence-corrected chi connectivity index (χ2v) is 10.5. The average Bonchev–Trinajstić information content (AvgIpc) is 3.08. The van der Waals surface area contributed by atoms with Crippen LogP contribution < -0.4 is 10.2 Å². The zero-order valence-electron chi connectivity index (χ0n) is 19.3. The minimum absolute atomic E-state index is 0.0432. The fraction of sp³-hybridized carbons (Fsp3) is 0.654. The minimum Gasteiger partial charge on any atom is -0.393 e. The molecule has 0 radical (unpaired) electrons. The Morgan fingerprint density at radius 1 is 1.09 bits per heavy atom. The number of rotatable bonds is 4. The topological polar surface area (TPSA) is 96.7 Å². The summed E-state index contributed by atoms with van der Waals surface area (Å²) in [5, 5.41) is 22.6. The fourth-order valence-corrected chi connectivity index (χ4v) is 6.18. The van der Waals surface area contributed by atoms with Gasteiger partial charge in [0.25, 0.3) is 0 Å². The Kier molecular flexibility index (Phi) is 6.05. The van der Waals surface area contributed by atoms with E-state index in [1.807, 2.05) is 12.1 Å². The Balaban J connectivity index is 1.30. The number of likely N-dealkylation sites (tertiary alicyclic amines) is 1. The highest BCUT2D eigenvalue weighted by Crippen LogP contribution is 2.44. The van der Waals surface area contributed by atoms with Crippen LogP contribution in [0.5, 0.6) is 0 Å². The number of aliphatic hydroxyl groups is 1. The molecule has 0 unspecified atom stereocenters. The SMILES string of the molecule is N#Cc1cc(NC(=O)C2CCC2)ccc1N1CCC[C@]2(CCN(C3CCC(O)CC3)C2=O)C1. The first-order valence-corrected chi connectivity index (χ1v) is 12.6. The van der Waals surface area contributed by atoms with E-state index in [0.717, 1.165) is 83.0 Å². The molecule has 4 aliphatic rings. The lowest BCUT2D eigenvalue weighted by Gasteiger charge is -2.41. The molecule has 176 valence electrons. The van der Waals surface area contributed by atoms with E-state index in [-0.39, 0.29) is 35.3 Å². The second kappa shape index (κ2) is 8.98. The van der Waals surface area contributed by atoms with Crippen molar-refractivity contribution in [2.75, 3.05) is 29.9 Å². The Morgan fingerprint density at radius 2 is 1.88 bits per heavy atom. The zero-order valence-corrected chi connectivity index (χ0v) is 19.3. The summed E-state index contributed by atoms with van der Waals surface area (Å²) < 4.78 is 0. The van der Waals surface area contributed by atoms with Crippen molar-refractivity contribution in [3.05, 3.63) is 23.8 Å². The number of hydrogen-bond donors (Lipinski definition) is 2. The number of nitriles is 1. The van der Waals surface area contributed by atoms with E-state index < -0.39 is 0 Å². The molecule has 1 spiro atoms. The summed E-state index contributed by atoms with van der Waals surface area (Å²) in [6.45, 7) is 2.26. The van der Waals surface area contributed by atoms with Crippen LogP contribution in [0.25, 0.3) is 0 Å². The second-order valence-electron chi connectivity index (χ2n) is 10.5. The summed E-state index contributed by atoms with van der Waals surface area (Å²) in [4.78, 5) is 30.2. The van der Waals surface area contributed by atoms with Crippen molar-refractivity contribution in [1.82, 2.24) is 4.90 Å². The van der Waals surface area contributed by atoms with Crippen molar-refractivity contribution >= 4 is 23.2 Å². The number of anilines is 2. The minimum atomic E-state index is -0.377. The van der Waals surface area contributed by atoms with Gasteiger partial charge in [-0.25, -0.2) is 0 Å². The number of piperidine rings is 1. The number of carbonyl (C=O) groups is 2. The third-order valence-corrected chi connectivity index (χ3v) is 8.43. The van der Waals surface area contributed by atoms with Gasteiger partial charge >= 0.3 is 0 Å². The molecule has 4 fully saturated rings. The van der Waals surface area contributed by atoms with Gasteiger partial charge in [0.05, 0.1) is 22.8 Å². The van der Waals surface area contributed by atoms with Crippen molar-refractivity contribution in [3.8, 4) is 6.07 Å². The van der Waals surface area contributed by atoms with Crippen molar-refractivity contribution in [2.45, 2.75) is 76.4 Å². The molecule has 33 heavy (non-hydrogen) atoms. The van der Waals surface area contributed by atoms with Crippen LogP contribution in [0, 0.1) is 22.7 Å². The van der Waals surface area contributed by atoms with Crippen LogP contribution in [0.2, 0.25) is 0 Å². The van der Waals surface area contributed by atoms with E-state index >= 15 is 0 Å². The molecule has 7 nitrogen and oxygen atoms in total. The van der Waals surface area contributed by atoms with Gasteiger partial charge in [-0.3, -0.25) is 9.59 Å². The van der Waals surface area contributed by atoms with Gasteiger partial charge in [-0.2, -0.15) is 5.26 Å². The Morgan fingerprint density at radius 3 is 2.58 bits per heavy atom. The summed E-state index contributed by atoms with van der Waals surface area (Å²) in [5.74, 6) is 0.402. The predicted molar refractivity (Wildman–Crippen MR) is 126 cm³/mol. The third kappa shape index (κ3) is 4.21. The summed E-state index contributed by atoms with van der Waals surface area (Å²) in [6, 6.07) is 8.13. The lowest BCUT2D eigenvalue weighted by Crippen LogP contribution is -2.50. The first-order chi connectivity index (χ1) is 16.0. The third-order valence-electron chi connectivity index (χ3n) is 8.43. The van der Waals surface area contributed by atoms with Gasteiger partial charge in [0.15, 0.2) is 0 Å². The molecule has 1 aromatic rings. The van der Waals surface area contributed by atoms with Crippen molar-refractivity contribution in [3.63, 3.8) is 0 Å². The number of amides is 2. The maximum absolute atomic E-state index is 13.6. The molecule has 0 aromatic heterocycles. The molecule has 5 rings (SSSR count).